The van der Waals surface area contributed by atoms with E-state index in [0.717, 1.165) is 45.0 Å². The number of nitrogens with one attached hydrogen (secondary N) is 2. The molecule has 0 unspecified atom stereocenters. The summed E-state index contributed by atoms with van der Waals surface area (Å²) in [5, 5.41) is 5.80. The van der Waals surface area contributed by atoms with Gasteiger partial charge in [0, 0.05) is 51.5 Å². The van der Waals surface area contributed by atoms with Crippen molar-refractivity contribution in [3.8, 4) is 0 Å². The molecule has 0 aliphatic carbocycles. The number of anilines is 1. The zero-order valence-electron chi connectivity index (χ0n) is 15.4. The monoisotopic (exact) mass is 352 g/mol. The molecule has 1 aliphatic heterocycles. The smallest absolute Gasteiger partial charge is 0.319 e. The first-order chi connectivity index (χ1) is 12.7. The second kappa shape index (κ2) is 9.36. The van der Waals surface area contributed by atoms with Crippen molar-refractivity contribution in [2.75, 3.05) is 44.6 Å². The summed E-state index contributed by atoms with van der Waals surface area (Å²) in [6, 6.07) is 18.3. The van der Waals surface area contributed by atoms with Gasteiger partial charge in [-0.25, -0.2) is 4.79 Å². The highest BCUT2D eigenvalue weighted by molar-refractivity contribution is 5.89. The van der Waals surface area contributed by atoms with Crippen LogP contribution in [0.3, 0.4) is 0 Å². The van der Waals surface area contributed by atoms with E-state index >= 15 is 0 Å². The number of piperazine rings is 1. The highest BCUT2D eigenvalue weighted by Gasteiger charge is 2.16. The fourth-order valence-corrected chi connectivity index (χ4v) is 3.15. The Bertz CT molecular complexity index is 679. The van der Waals surface area contributed by atoms with Gasteiger partial charge in [-0.1, -0.05) is 48.0 Å². The summed E-state index contributed by atoms with van der Waals surface area (Å²) in [4.78, 5) is 16.8. The number of amides is 2. The molecule has 0 radical (unpaired) electrons. The maximum absolute atomic E-state index is 11.9. The standard InChI is InChI=1S/C21H28N4O/c1-18-7-9-20(10-8-18)23-21(26)22-11-12-24-13-15-25(16-14-24)17-19-5-3-2-4-6-19/h2-10H,11-17H2,1H3,(H2,22,23,26). The molecule has 0 aromatic heterocycles. The fraction of sp³-hybridized carbons (Fsp3) is 0.381. The maximum Gasteiger partial charge on any atom is 0.319 e. The van der Waals surface area contributed by atoms with Crippen LogP contribution >= 0.6 is 0 Å². The van der Waals surface area contributed by atoms with Crippen LogP contribution in [0.5, 0.6) is 0 Å². The molecule has 26 heavy (non-hydrogen) atoms. The lowest BCUT2D eigenvalue weighted by Gasteiger charge is -2.34. The van der Waals surface area contributed by atoms with Crippen molar-refractivity contribution in [3.05, 3.63) is 65.7 Å². The summed E-state index contributed by atoms with van der Waals surface area (Å²) >= 11 is 0. The average molecular weight is 352 g/mol. The first kappa shape index (κ1) is 18.4. The minimum atomic E-state index is -0.142. The molecule has 2 N–H and O–H groups in total. The molecule has 5 nitrogen and oxygen atoms in total. The quantitative estimate of drug-likeness (QED) is 0.840. The van der Waals surface area contributed by atoms with E-state index in [1.165, 1.54) is 11.1 Å². The third-order valence-corrected chi connectivity index (χ3v) is 4.74. The Morgan fingerprint density at radius 3 is 2.27 bits per heavy atom. The topological polar surface area (TPSA) is 47.6 Å². The lowest BCUT2D eigenvalue weighted by Crippen LogP contribution is -2.48. The van der Waals surface area contributed by atoms with E-state index in [1.807, 2.05) is 31.2 Å². The van der Waals surface area contributed by atoms with Gasteiger partial charge in [-0.2, -0.15) is 0 Å². The molecule has 1 saturated heterocycles. The lowest BCUT2D eigenvalue weighted by atomic mass is 10.2. The summed E-state index contributed by atoms with van der Waals surface area (Å²) in [5.41, 5.74) is 3.38. The van der Waals surface area contributed by atoms with Crippen LogP contribution in [-0.2, 0) is 6.54 Å². The van der Waals surface area contributed by atoms with Gasteiger partial charge in [-0.3, -0.25) is 9.80 Å². The van der Waals surface area contributed by atoms with Crippen molar-refractivity contribution in [1.29, 1.82) is 0 Å². The highest BCUT2D eigenvalue weighted by Crippen LogP contribution is 2.09. The van der Waals surface area contributed by atoms with Crippen LogP contribution < -0.4 is 10.6 Å². The number of carbonyl (C=O) groups is 1. The predicted molar refractivity (Wildman–Crippen MR) is 106 cm³/mol. The van der Waals surface area contributed by atoms with Crippen molar-refractivity contribution in [2.24, 2.45) is 0 Å². The molecule has 2 aromatic carbocycles. The zero-order chi connectivity index (χ0) is 18.2. The minimum Gasteiger partial charge on any atom is -0.337 e. The predicted octanol–water partition coefficient (Wildman–Crippen LogP) is 2.93. The molecule has 0 bridgehead atoms. The number of benzene rings is 2. The molecule has 5 heteroatoms. The number of hydrogen-bond acceptors (Lipinski definition) is 3. The van der Waals surface area contributed by atoms with Gasteiger partial charge >= 0.3 is 6.03 Å². The van der Waals surface area contributed by atoms with Crippen LogP contribution in [0.4, 0.5) is 10.5 Å². The molecule has 2 amide bonds. The lowest BCUT2D eigenvalue weighted by molar-refractivity contribution is 0.128. The maximum atomic E-state index is 11.9. The average Bonchev–Trinajstić information content (AvgIpc) is 2.66. The fourth-order valence-electron chi connectivity index (χ4n) is 3.15. The van der Waals surface area contributed by atoms with E-state index in [9.17, 15) is 4.79 Å². The van der Waals surface area contributed by atoms with Gasteiger partial charge in [-0.05, 0) is 24.6 Å². The van der Waals surface area contributed by atoms with Gasteiger partial charge in [-0.15, -0.1) is 0 Å². The Kier molecular flexibility index (Phi) is 6.63. The third-order valence-electron chi connectivity index (χ3n) is 4.74. The largest absolute Gasteiger partial charge is 0.337 e. The molecule has 3 rings (SSSR count). The molecular weight excluding hydrogens is 324 g/mol. The molecule has 1 aliphatic rings. The van der Waals surface area contributed by atoms with Crippen molar-refractivity contribution in [3.63, 3.8) is 0 Å². The van der Waals surface area contributed by atoms with Crippen molar-refractivity contribution in [2.45, 2.75) is 13.5 Å². The number of hydrogen-bond donors (Lipinski definition) is 2. The van der Waals surface area contributed by atoms with Crippen LogP contribution in [0.15, 0.2) is 54.6 Å². The van der Waals surface area contributed by atoms with Crippen molar-refractivity contribution >= 4 is 11.7 Å². The number of urea groups is 1. The van der Waals surface area contributed by atoms with Gasteiger partial charge < -0.3 is 10.6 Å². The number of rotatable bonds is 6. The van der Waals surface area contributed by atoms with E-state index in [2.05, 4.69) is 50.8 Å². The van der Waals surface area contributed by atoms with Gasteiger partial charge in [0.15, 0.2) is 0 Å². The molecule has 0 atom stereocenters. The van der Waals surface area contributed by atoms with Gasteiger partial charge in [0.25, 0.3) is 0 Å². The van der Waals surface area contributed by atoms with Gasteiger partial charge in [0.1, 0.15) is 0 Å². The minimum absolute atomic E-state index is 0.142. The summed E-state index contributed by atoms with van der Waals surface area (Å²) in [7, 11) is 0. The van der Waals surface area contributed by atoms with Crippen LogP contribution in [0.1, 0.15) is 11.1 Å². The second-order valence-corrected chi connectivity index (χ2v) is 6.85. The normalized spacial score (nSPS) is 15.6. The van der Waals surface area contributed by atoms with Crippen LogP contribution in [0.2, 0.25) is 0 Å². The molecule has 0 saturated carbocycles. The molecule has 138 valence electrons. The zero-order valence-corrected chi connectivity index (χ0v) is 15.4. The van der Waals surface area contributed by atoms with E-state index in [0.29, 0.717) is 6.54 Å². The Morgan fingerprint density at radius 1 is 0.923 bits per heavy atom. The molecule has 1 fully saturated rings. The first-order valence-electron chi connectivity index (χ1n) is 9.29. The first-order valence-corrected chi connectivity index (χ1v) is 9.29. The third kappa shape index (κ3) is 5.86. The summed E-state index contributed by atoms with van der Waals surface area (Å²) < 4.78 is 0. The van der Waals surface area contributed by atoms with Crippen LogP contribution in [0, 0.1) is 6.92 Å². The molecule has 0 spiro atoms. The van der Waals surface area contributed by atoms with Crippen LogP contribution in [-0.4, -0.2) is 55.1 Å². The molecule has 1 heterocycles. The van der Waals surface area contributed by atoms with E-state index < -0.39 is 0 Å². The van der Waals surface area contributed by atoms with E-state index in [1.54, 1.807) is 0 Å². The number of aryl methyl sites for hydroxylation is 1. The van der Waals surface area contributed by atoms with Gasteiger partial charge in [0.05, 0.1) is 0 Å². The van der Waals surface area contributed by atoms with Gasteiger partial charge in [0.2, 0.25) is 0 Å². The Labute approximate surface area is 156 Å². The van der Waals surface area contributed by atoms with Crippen molar-refractivity contribution in [1.82, 2.24) is 15.1 Å². The summed E-state index contributed by atoms with van der Waals surface area (Å²) in [6.07, 6.45) is 0. The summed E-state index contributed by atoms with van der Waals surface area (Å²) in [5.74, 6) is 0. The Balaban J connectivity index is 1.31. The highest BCUT2D eigenvalue weighted by atomic mass is 16.2. The Morgan fingerprint density at radius 2 is 1.58 bits per heavy atom. The van der Waals surface area contributed by atoms with Crippen molar-refractivity contribution < 1.29 is 4.79 Å². The van der Waals surface area contributed by atoms with E-state index in [-0.39, 0.29) is 6.03 Å². The van der Waals surface area contributed by atoms with Crippen LogP contribution in [0.25, 0.3) is 0 Å². The number of nitrogens with zero attached hydrogens (tertiary/aromatic N) is 2. The SMILES string of the molecule is Cc1ccc(NC(=O)NCCN2CCN(Cc3ccccc3)CC2)cc1. The molecular formula is C21H28N4O. The summed E-state index contributed by atoms with van der Waals surface area (Å²) in [6.45, 7) is 8.85. The van der Waals surface area contributed by atoms with E-state index in [4.69, 9.17) is 0 Å². The number of carbonyl (C=O) groups excluding carboxylic acids is 1. The Hall–Kier alpha value is -2.37. The second-order valence-electron chi connectivity index (χ2n) is 6.85. The molecule has 2 aromatic rings.